The molecule has 0 bridgehead atoms. The normalized spacial score (nSPS) is 10.1. The van der Waals surface area contributed by atoms with Crippen LogP contribution in [0.4, 0.5) is 0 Å². The molecule has 0 atom stereocenters. The van der Waals surface area contributed by atoms with Gasteiger partial charge in [0.1, 0.15) is 11.8 Å². The van der Waals surface area contributed by atoms with Crippen molar-refractivity contribution in [1.82, 2.24) is 0 Å². The van der Waals surface area contributed by atoms with E-state index >= 15 is 0 Å². The second kappa shape index (κ2) is 7.57. The summed E-state index contributed by atoms with van der Waals surface area (Å²) in [6.45, 7) is 1.88. The predicted octanol–water partition coefficient (Wildman–Crippen LogP) is 3.61. The van der Waals surface area contributed by atoms with Gasteiger partial charge in [0.05, 0.1) is 25.4 Å². The molecule has 1 aromatic heterocycles. The van der Waals surface area contributed by atoms with Gasteiger partial charge in [-0.2, -0.15) is 5.26 Å². The molecule has 0 aliphatic carbocycles. The van der Waals surface area contributed by atoms with Gasteiger partial charge in [-0.3, -0.25) is 0 Å². The van der Waals surface area contributed by atoms with Crippen LogP contribution in [0.3, 0.4) is 0 Å². The van der Waals surface area contributed by atoms with Gasteiger partial charge in [-0.05, 0) is 23.6 Å². The summed E-state index contributed by atoms with van der Waals surface area (Å²) in [5.74, 6) is 0.642. The minimum Gasteiger partial charge on any atom is -0.492 e. The first-order valence-electron chi connectivity index (χ1n) is 6.12. The maximum atomic E-state index is 8.91. The van der Waals surface area contributed by atoms with E-state index in [1.54, 1.807) is 17.4 Å². The van der Waals surface area contributed by atoms with Crippen molar-refractivity contribution >= 4 is 11.3 Å². The van der Waals surface area contributed by atoms with Crippen molar-refractivity contribution < 1.29 is 9.47 Å². The number of ether oxygens (including phenoxy) is 2. The summed E-state index contributed by atoms with van der Waals surface area (Å²) in [6.07, 6.45) is 0.811. The fourth-order valence-electron chi connectivity index (χ4n) is 1.60. The van der Waals surface area contributed by atoms with E-state index in [2.05, 4.69) is 12.1 Å². The van der Waals surface area contributed by atoms with E-state index in [0.29, 0.717) is 31.1 Å². The standard InChI is InChI=1S/C15H15NO2S/c16-11-13-5-1-2-7-15(13)18-9-4-8-17-12-14-6-3-10-19-14/h1-3,5-7,10H,4,8-9,12H2. The SMILES string of the molecule is N#Cc1ccccc1OCCCOCc1cccs1. The lowest BCUT2D eigenvalue weighted by Crippen LogP contribution is -2.03. The number of para-hydroxylation sites is 1. The second-order valence-corrected chi connectivity index (χ2v) is 4.97. The Morgan fingerprint density at radius 2 is 2.00 bits per heavy atom. The van der Waals surface area contributed by atoms with E-state index in [1.165, 1.54) is 4.88 Å². The van der Waals surface area contributed by atoms with Crippen molar-refractivity contribution in [3.63, 3.8) is 0 Å². The zero-order chi connectivity index (χ0) is 13.3. The van der Waals surface area contributed by atoms with Crippen LogP contribution in [0.25, 0.3) is 0 Å². The Hall–Kier alpha value is -1.83. The second-order valence-electron chi connectivity index (χ2n) is 3.94. The minimum absolute atomic E-state index is 0.559. The van der Waals surface area contributed by atoms with Gasteiger partial charge in [0.2, 0.25) is 0 Å². The Labute approximate surface area is 117 Å². The average Bonchev–Trinajstić information content (AvgIpc) is 2.96. The fourth-order valence-corrected chi connectivity index (χ4v) is 2.24. The summed E-state index contributed by atoms with van der Waals surface area (Å²) in [5, 5.41) is 11.0. The maximum Gasteiger partial charge on any atom is 0.137 e. The molecule has 2 aromatic rings. The molecule has 2 rings (SSSR count). The average molecular weight is 273 g/mol. The van der Waals surface area contributed by atoms with Gasteiger partial charge in [0.25, 0.3) is 0 Å². The largest absolute Gasteiger partial charge is 0.492 e. The molecular weight excluding hydrogens is 258 g/mol. The fraction of sp³-hybridized carbons (Fsp3) is 0.267. The third-order valence-corrected chi connectivity index (χ3v) is 3.37. The van der Waals surface area contributed by atoms with Crippen molar-refractivity contribution in [3.8, 4) is 11.8 Å². The van der Waals surface area contributed by atoms with Crippen LogP contribution in [0.1, 0.15) is 16.9 Å². The quantitative estimate of drug-likeness (QED) is 0.724. The molecule has 0 spiro atoms. The van der Waals surface area contributed by atoms with Crippen LogP contribution in [0, 0.1) is 11.3 Å². The Bertz CT molecular complexity index is 531. The Morgan fingerprint density at radius 1 is 1.11 bits per heavy atom. The number of hydrogen-bond donors (Lipinski definition) is 0. The van der Waals surface area contributed by atoms with Crippen LogP contribution in [-0.4, -0.2) is 13.2 Å². The molecule has 1 heterocycles. The van der Waals surface area contributed by atoms with E-state index in [-0.39, 0.29) is 0 Å². The summed E-state index contributed by atoms with van der Waals surface area (Å²) in [6, 6.07) is 13.4. The van der Waals surface area contributed by atoms with E-state index in [1.807, 2.05) is 29.6 Å². The smallest absolute Gasteiger partial charge is 0.137 e. The lowest BCUT2D eigenvalue weighted by molar-refractivity contribution is 0.109. The number of nitriles is 1. The first-order valence-corrected chi connectivity index (χ1v) is 7.00. The number of thiophene rings is 1. The first kappa shape index (κ1) is 13.6. The Balaban J connectivity index is 1.63. The van der Waals surface area contributed by atoms with E-state index < -0.39 is 0 Å². The molecule has 98 valence electrons. The number of rotatable bonds is 7. The molecule has 0 unspecified atom stereocenters. The molecule has 0 aliphatic rings. The van der Waals surface area contributed by atoms with E-state index in [4.69, 9.17) is 14.7 Å². The van der Waals surface area contributed by atoms with Gasteiger partial charge in [0.15, 0.2) is 0 Å². The highest BCUT2D eigenvalue weighted by atomic mass is 32.1. The zero-order valence-corrected chi connectivity index (χ0v) is 11.4. The molecule has 0 saturated carbocycles. The van der Waals surface area contributed by atoms with Gasteiger partial charge in [-0.1, -0.05) is 18.2 Å². The van der Waals surface area contributed by atoms with E-state index in [0.717, 1.165) is 6.42 Å². The number of benzene rings is 1. The van der Waals surface area contributed by atoms with Crippen LogP contribution in [0.2, 0.25) is 0 Å². The molecule has 0 fully saturated rings. The molecular formula is C15H15NO2S. The van der Waals surface area contributed by atoms with Gasteiger partial charge >= 0.3 is 0 Å². The van der Waals surface area contributed by atoms with Crippen LogP contribution >= 0.6 is 11.3 Å². The summed E-state index contributed by atoms with van der Waals surface area (Å²) in [5.41, 5.74) is 0.571. The summed E-state index contributed by atoms with van der Waals surface area (Å²) in [4.78, 5) is 1.23. The monoisotopic (exact) mass is 273 g/mol. The lowest BCUT2D eigenvalue weighted by Gasteiger charge is -2.07. The third kappa shape index (κ3) is 4.40. The molecule has 0 aliphatic heterocycles. The molecule has 1 aromatic carbocycles. The maximum absolute atomic E-state index is 8.91. The van der Waals surface area contributed by atoms with Gasteiger partial charge in [0, 0.05) is 11.3 Å². The van der Waals surface area contributed by atoms with Crippen molar-refractivity contribution in [2.75, 3.05) is 13.2 Å². The van der Waals surface area contributed by atoms with Gasteiger partial charge in [-0.25, -0.2) is 0 Å². The predicted molar refractivity (Wildman–Crippen MR) is 75.2 cm³/mol. The molecule has 0 saturated heterocycles. The Morgan fingerprint density at radius 3 is 2.79 bits per heavy atom. The van der Waals surface area contributed by atoms with Crippen LogP contribution in [-0.2, 0) is 11.3 Å². The first-order chi connectivity index (χ1) is 9.40. The summed E-state index contributed by atoms with van der Waals surface area (Å²) in [7, 11) is 0. The highest BCUT2D eigenvalue weighted by Gasteiger charge is 2.01. The molecule has 3 nitrogen and oxygen atoms in total. The Kier molecular flexibility index (Phi) is 5.42. The molecule has 4 heteroatoms. The van der Waals surface area contributed by atoms with Crippen LogP contribution in [0.5, 0.6) is 5.75 Å². The topological polar surface area (TPSA) is 42.2 Å². The summed E-state index contributed by atoms with van der Waals surface area (Å²) >= 11 is 1.70. The molecule has 0 N–H and O–H groups in total. The highest BCUT2D eigenvalue weighted by Crippen LogP contribution is 2.16. The van der Waals surface area contributed by atoms with Gasteiger partial charge < -0.3 is 9.47 Å². The molecule has 0 amide bonds. The van der Waals surface area contributed by atoms with E-state index in [9.17, 15) is 0 Å². The summed E-state index contributed by atoms with van der Waals surface area (Å²) < 4.78 is 11.1. The molecule has 0 radical (unpaired) electrons. The third-order valence-electron chi connectivity index (χ3n) is 2.52. The lowest BCUT2D eigenvalue weighted by atomic mass is 10.2. The molecule has 19 heavy (non-hydrogen) atoms. The zero-order valence-electron chi connectivity index (χ0n) is 10.5. The van der Waals surface area contributed by atoms with Crippen molar-refractivity contribution in [1.29, 1.82) is 5.26 Å². The highest BCUT2D eigenvalue weighted by molar-refractivity contribution is 7.09. The van der Waals surface area contributed by atoms with Crippen molar-refractivity contribution in [2.24, 2.45) is 0 Å². The van der Waals surface area contributed by atoms with Crippen molar-refractivity contribution in [3.05, 3.63) is 52.2 Å². The minimum atomic E-state index is 0.559. The van der Waals surface area contributed by atoms with Crippen molar-refractivity contribution in [2.45, 2.75) is 13.0 Å². The number of nitrogens with zero attached hydrogens (tertiary/aromatic N) is 1. The van der Waals surface area contributed by atoms with Crippen LogP contribution < -0.4 is 4.74 Å². The number of hydrogen-bond acceptors (Lipinski definition) is 4. The van der Waals surface area contributed by atoms with Gasteiger partial charge in [-0.15, -0.1) is 11.3 Å². The van der Waals surface area contributed by atoms with Crippen LogP contribution in [0.15, 0.2) is 41.8 Å².